The zero-order valence-electron chi connectivity index (χ0n) is 30.8. The van der Waals surface area contributed by atoms with Gasteiger partial charge in [-0.25, -0.2) is 18.2 Å². The van der Waals surface area contributed by atoms with Gasteiger partial charge in [-0.05, 0) is 49.6 Å². The Morgan fingerprint density at radius 2 is 1.83 bits per heavy atom. The van der Waals surface area contributed by atoms with E-state index in [4.69, 9.17) is 19.6 Å². The molecule has 0 unspecified atom stereocenters. The normalized spacial score (nSPS) is 17.0. The van der Waals surface area contributed by atoms with Crippen molar-refractivity contribution in [3.05, 3.63) is 88.7 Å². The molecule has 0 N–H and O–H groups in total. The molecule has 2 aromatic carbocycles. The van der Waals surface area contributed by atoms with Crippen LogP contribution >= 0.6 is 11.3 Å². The number of fused-ring (bicyclic) bond motifs is 3. The lowest BCUT2D eigenvalue weighted by Gasteiger charge is -2.36. The topological polar surface area (TPSA) is 93.0 Å². The van der Waals surface area contributed by atoms with E-state index in [1.165, 1.54) is 18.6 Å². The van der Waals surface area contributed by atoms with Crippen LogP contribution in [-0.2, 0) is 27.3 Å². The number of pyridine rings is 1. The Kier molecular flexibility index (Phi) is 10.4. The number of nitrogens with zero attached hydrogens (tertiary/aromatic N) is 6. The second kappa shape index (κ2) is 15.0. The second-order valence-corrected chi connectivity index (χ2v) is 14.8. The van der Waals surface area contributed by atoms with Crippen LogP contribution in [0.2, 0.25) is 0 Å². The largest absolute Gasteiger partial charge is 0.490 e. The highest BCUT2D eigenvalue weighted by atomic mass is 32.1. The molecule has 0 bridgehead atoms. The van der Waals surface area contributed by atoms with E-state index in [2.05, 4.69) is 11.5 Å². The number of ether oxygens (including phenoxy) is 2. The maximum absolute atomic E-state index is 16.3. The fraction of sp³-hybridized carbons (Fsp3) is 0.350. The van der Waals surface area contributed by atoms with Crippen molar-refractivity contribution in [3.8, 4) is 39.5 Å². The number of carbonyl (C=O) groups excluding carboxylic acids is 2. The number of hydrogen-bond donors (Lipinski definition) is 0. The third kappa shape index (κ3) is 6.78. The molecule has 2 aliphatic rings. The number of likely N-dealkylation sites (N-methyl/N-ethyl adjacent to an activating group) is 1. The van der Waals surface area contributed by atoms with Crippen LogP contribution in [0.25, 0.3) is 43.9 Å². The van der Waals surface area contributed by atoms with E-state index in [0.29, 0.717) is 34.7 Å². The molecule has 0 fully saturated rings. The minimum Gasteiger partial charge on any atom is -0.490 e. The van der Waals surface area contributed by atoms with Gasteiger partial charge in [0.2, 0.25) is 11.8 Å². The number of thiophene rings is 1. The fourth-order valence-electron chi connectivity index (χ4n) is 7.34. The third-order valence-electron chi connectivity index (χ3n) is 10.2. The van der Waals surface area contributed by atoms with Crippen LogP contribution in [0.5, 0.6) is 5.75 Å². The standard InChI is InChI=1S/C40H41F3N6O4S/c1-7-33(50)48-18-22(2)49-31(23(48)3)17-30(45-49)39-37(35-28(42)15-27(41)16-32(35)53-13-12-52-6)40-36(29(43)21-54-40)38(44-39)25-9-8-24-10-11-47(19-26(24)14-25)20-34(51)46(4)5/h7-9,14-17,21-23H,1,10-13,18-20H2,2-6H3/t22-,23+/m0/s1. The molecule has 0 saturated carbocycles. The molecule has 2 amide bonds. The van der Waals surface area contributed by atoms with Gasteiger partial charge in [0.05, 0.1) is 47.6 Å². The quantitative estimate of drug-likeness (QED) is 0.112. The summed E-state index contributed by atoms with van der Waals surface area (Å²) in [6.07, 6.45) is 2.02. The van der Waals surface area contributed by atoms with Gasteiger partial charge in [0, 0.05) is 74.2 Å². The van der Waals surface area contributed by atoms with Gasteiger partial charge in [-0.3, -0.25) is 19.2 Å². The predicted octanol–water partition coefficient (Wildman–Crippen LogP) is 7.03. The highest BCUT2D eigenvalue weighted by molar-refractivity contribution is 7.18. The molecule has 0 spiro atoms. The number of benzene rings is 2. The van der Waals surface area contributed by atoms with Gasteiger partial charge in [0.15, 0.2) is 0 Å². The van der Waals surface area contributed by atoms with Gasteiger partial charge in [-0.1, -0.05) is 18.7 Å². The van der Waals surface area contributed by atoms with Gasteiger partial charge < -0.3 is 19.3 Å². The van der Waals surface area contributed by atoms with Crippen molar-refractivity contribution >= 4 is 33.2 Å². The molecule has 0 radical (unpaired) electrons. The molecular weight excluding hydrogens is 718 g/mol. The highest BCUT2D eigenvalue weighted by Crippen LogP contribution is 2.48. The molecule has 7 rings (SSSR count). The van der Waals surface area contributed by atoms with E-state index in [1.807, 2.05) is 42.8 Å². The van der Waals surface area contributed by atoms with E-state index in [0.717, 1.165) is 53.3 Å². The van der Waals surface area contributed by atoms with E-state index in [9.17, 15) is 14.0 Å². The summed E-state index contributed by atoms with van der Waals surface area (Å²) in [4.78, 5) is 35.9. The average molecular weight is 759 g/mol. The molecule has 282 valence electrons. The summed E-state index contributed by atoms with van der Waals surface area (Å²) in [6.45, 7) is 9.57. The van der Waals surface area contributed by atoms with Crippen molar-refractivity contribution in [1.82, 2.24) is 29.5 Å². The number of aromatic nitrogens is 3. The first-order chi connectivity index (χ1) is 25.9. The Morgan fingerprint density at radius 1 is 1.04 bits per heavy atom. The molecule has 54 heavy (non-hydrogen) atoms. The first-order valence-corrected chi connectivity index (χ1v) is 18.6. The zero-order valence-corrected chi connectivity index (χ0v) is 31.6. The van der Waals surface area contributed by atoms with Crippen LogP contribution in [0, 0.1) is 17.5 Å². The van der Waals surface area contributed by atoms with Crippen LogP contribution in [0.3, 0.4) is 0 Å². The molecule has 0 aliphatic carbocycles. The molecule has 2 atom stereocenters. The van der Waals surface area contributed by atoms with E-state index < -0.39 is 17.5 Å². The molecular formula is C40H41F3N6O4S. The Balaban J connectivity index is 1.46. The molecule has 5 heterocycles. The minimum atomic E-state index is -0.914. The first-order valence-electron chi connectivity index (χ1n) is 17.7. The lowest BCUT2D eigenvalue weighted by atomic mass is 9.93. The van der Waals surface area contributed by atoms with Crippen LogP contribution in [0.15, 0.2) is 54.4 Å². The first kappa shape index (κ1) is 37.3. The van der Waals surface area contributed by atoms with Crippen LogP contribution in [0.1, 0.15) is 42.8 Å². The van der Waals surface area contributed by atoms with Crippen LogP contribution < -0.4 is 4.74 Å². The molecule has 0 saturated heterocycles. The maximum atomic E-state index is 16.3. The Labute approximate surface area is 315 Å². The van der Waals surface area contributed by atoms with E-state index in [1.54, 1.807) is 23.9 Å². The zero-order chi connectivity index (χ0) is 38.4. The molecule has 5 aromatic rings. The number of rotatable bonds is 10. The number of methoxy groups -OCH3 is 1. The third-order valence-corrected chi connectivity index (χ3v) is 11.1. The van der Waals surface area contributed by atoms with E-state index >= 15 is 8.78 Å². The van der Waals surface area contributed by atoms with Crippen molar-refractivity contribution in [2.45, 2.75) is 38.9 Å². The molecule has 14 heteroatoms. The molecule has 2 aliphatic heterocycles. The summed E-state index contributed by atoms with van der Waals surface area (Å²) in [5.74, 6) is -2.61. The van der Waals surface area contributed by atoms with E-state index in [-0.39, 0.29) is 71.6 Å². The number of carbonyl (C=O) groups is 2. The summed E-state index contributed by atoms with van der Waals surface area (Å²) in [6, 6.07) is 8.96. The van der Waals surface area contributed by atoms with Gasteiger partial charge in [0.25, 0.3) is 0 Å². The molecule has 3 aromatic heterocycles. The predicted molar refractivity (Wildman–Crippen MR) is 202 cm³/mol. The van der Waals surface area contributed by atoms with Crippen molar-refractivity contribution in [3.63, 3.8) is 0 Å². The lowest BCUT2D eigenvalue weighted by Crippen LogP contribution is -2.42. The summed E-state index contributed by atoms with van der Waals surface area (Å²) < 4.78 is 60.5. The maximum Gasteiger partial charge on any atom is 0.246 e. The summed E-state index contributed by atoms with van der Waals surface area (Å²) in [5, 5.41) is 6.51. The monoisotopic (exact) mass is 758 g/mol. The Morgan fingerprint density at radius 3 is 2.57 bits per heavy atom. The van der Waals surface area contributed by atoms with Gasteiger partial charge >= 0.3 is 0 Å². The number of amides is 2. The number of halogens is 3. The SMILES string of the molecule is C=CC(=O)N1C[C@H](C)n2nc(-c3nc(-c4ccc5c(c4)CN(CC(=O)N(C)C)CC5)c4c(F)csc4c3-c3c(F)cc(F)cc3OCCOC)cc2[C@H]1C. The van der Waals surface area contributed by atoms with Crippen LogP contribution in [0.4, 0.5) is 13.2 Å². The summed E-state index contributed by atoms with van der Waals surface area (Å²) >= 11 is 1.08. The lowest BCUT2D eigenvalue weighted by molar-refractivity contribution is -0.130. The smallest absolute Gasteiger partial charge is 0.246 e. The minimum absolute atomic E-state index is 0.000490. The van der Waals surface area contributed by atoms with Gasteiger partial charge in [0.1, 0.15) is 41.2 Å². The average Bonchev–Trinajstić information content (AvgIpc) is 3.77. The van der Waals surface area contributed by atoms with Crippen molar-refractivity contribution < 1.29 is 32.2 Å². The summed E-state index contributed by atoms with van der Waals surface area (Å²) in [5.41, 5.74) is 4.52. The fourth-order valence-corrected chi connectivity index (χ4v) is 8.31. The highest BCUT2D eigenvalue weighted by Gasteiger charge is 2.34. The van der Waals surface area contributed by atoms with Gasteiger partial charge in [-0.2, -0.15) is 5.10 Å². The van der Waals surface area contributed by atoms with Gasteiger partial charge in [-0.15, -0.1) is 11.3 Å². The van der Waals surface area contributed by atoms with Crippen LogP contribution in [-0.4, -0.2) is 95.3 Å². The van der Waals surface area contributed by atoms with Crippen molar-refractivity contribution in [1.29, 1.82) is 0 Å². The van der Waals surface area contributed by atoms with Crippen molar-refractivity contribution in [2.75, 3.05) is 54.1 Å². The number of hydrogen-bond acceptors (Lipinski definition) is 8. The van der Waals surface area contributed by atoms with Crippen molar-refractivity contribution in [2.24, 2.45) is 0 Å². The Bertz CT molecular complexity index is 2290. The molecule has 10 nitrogen and oxygen atoms in total. The Hall–Kier alpha value is -5.05. The second-order valence-electron chi connectivity index (χ2n) is 13.9. The summed E-state index contributed by atoms with van der Waals surface area (Å²) in [7, 11) is 4.95.